The predicted molar refractivity (Wildman–Crippen MR) is 157 cm³/mol. The molecule has 0 aliphatic carbocycles. The second-order valence-corrected chi connectivity index (χ2v) is 10.9. The van der Waals surface area contributed by atoms with Crippen molar-refractivity contribution in [2.24, 2.45) is 5.92 Å². The number of ketones is 2. The van der Waals surface area contributed by atoms with Crippen LogP contribution in [-0.2, 0) is 10.2 Å². The van der Waals surface area contributed by atoms with E-state index < -0.39 is 23.4 Å². The number of benzene rings is 4. The molecule has 0 bridgehead atoms. The van der Waals surface area contributed by atoms with Crippen LogP contribution >= 0.6 is 11.6 Å². The van der Waals surface area contributed by atoms with Crippen LogP contribution in [0.5, 0.6) is 5.75 Å². The Morgan fingerprint density at radius 1 is 0.878 bits per heavy atom. The van der Waals surface area contributed by atoms with E-state index in [1.165, 1.54) is 0 Å². The molecule has 4 aromatic carbocycles. The number of hydrogen-bond donors (Lipinski definition) is 1. The molecule has 0 unspecified atom stereocenters. The van der Waals surface area contributed by atoms with Crippen LogP contribution in [0.1, 0.15) is 43.4 Å². The summed E-state index contributed by atoms with van der Waals surface area (Å²) in [7, 11) is 1.56. The Balaban J connectivity index is 1.53. The minimum Gasteiger partial charge on any atom is -0.497 e. The van der Waals surface area contributed by atoms with Gasteiger partial charge in [-0.25, -0.2) is 0 Å². The second-order valence-electron chi connectivity index (χ2n) is 10.5. The van der Waals surface area contributed by atoms with Crippen LogP contribution in [0.3, 0.4) is 0 Å². The molecule has 41 heavy (non-hydrogen) atoms. The zero-order chi connectivity index (χ0) is 28.3. The molecule has 1 spiro atoms. The van der Waals surface area contributed by atoms with Gasteiger partial charge in [-0.15, -0.1) is 0 Å². The lowest BCUT2D eigenvalue weighted by Crippen LogP contribution is -2.49. The van der Waals surface area contributed by atoms with Gasteiger partial charge < -0.3 is 15.0 Å². The molecule has 3 heterocycles. The maximum absolute atomic E-state index is 14.8. The summed E-state index contributed by atoms with van der Waals surface area (Å²) >= 11 is 6.59. The van der Waals surface area contributed by atoms with Crippen LogP contribution in [0.4, 0.5) is 5.69 Å². The van der Waals surface area contributed by atoms with E-state index in [1.807, 2.05) is 65.7 Å². The predicted octanol–water partition coefficient (Wildman–Crippen LogP) is 6.33. The SMILES string of the molecule is COc1ccc(C(=O)[C@@H]2[C@@H](C(=O)c3ccccc3Cl)[C@]3(C(=O)Nc4ccccc43)[C@H]3c4ccccc4C=CN23)cc1. The summed E-state index contributed by atoms with van der Waals surface area (Å²) in [5.41, 5.74) is 2.44. The Bertz CT molecular complexity index is 1760. The Morgan fingerprint density at radius 2 is 1.59 bits per heavy atom. The van der Waals surface area contributed by atoms with Crippen molar-refractivity contribution in [1.82, 2.24) is 4.90 Å². The Labute approximate surface area is 242 Å². The highest BCUT2D eigenvalue weighted by Gasteiger charge is 2.70. The van der Waals surface area contributed by atoms with Gasteiger partial charge in [-0.05, 0) is 65.2 Å². The number of carbonyl (C=O) groups is 3. The molecule has 1 amide bonds. The van der Waals surface area contributed by atoms with Gasteiger partial charge in [-0.1, -0.05) is 66.2 Å². The smallest absolute Gasteiger partial charge is 0.238 e. The Kier molecular flexibility index (Phi) is 5.84. The topological polar surface area (TPSA) is 75.7 Å². The highest BCUT2D eigenvalue weighted by molar-refractivity contribution is 6.34. The molecule has 0 radical (unpaired) electrons. The minimum atomic E-state index is -1.40. The number of nitrogens with zero attached hydrogens (tertiary/aromatic N) is 1. The number of anilines is 1. The molecule has 1 fully saturated rings. The van der Waals surface area contributed by atoms with Crippen molar-refractivity contribution < 1.29 is 19.1 Å². The van der Waals surface area contributed by atoms with Gasteiger partial charge in [0.1, 0.15) is 17.2 Å². The standard InChI is InChI=1S/C34H25ClN2O4/c1-41-22-16-14-21(15-17-22)30(38)29-28(31(39)24-10-4-6-12-26(24)35)34(25-11-5-7-13-27(25)36-33(34)40)32-23-9-3-2-8-20(23)18-19-37(29)32/h2-19,28-29,32H,1H3,(H,36,40)/t28-,29-,32+,34-/m0/s1. The largest absolute Gasteiger partial charge is 0.497 e. The fraction of sp³-hybridized carbons (Fsp3) is 0.147. The number of amides is 1. The number of fused-ring (bicyclic) bond motifs is 6. The van der Waals surface area contributed by atoms with Gasteiger partial charge in [-0.2, -0.15) is 0 Å². The number of carbonyl (C=O) groups excluding carboxylic acids is 3. The lowest BCUT2D eigenvalue weighted by atomic mass is 9.62. The van der Waals surface area contributed by atoms with Crippen LogP contribution < -0.4 is 10.1 Å². The average molecular weight is 561 g/mol. The normalized spacial score (nSPS) is 23.5. The number of Topliss-reactive ketones (excluding diaryl/α,β-unsaturated/α-hetero) is 2. The lowest BCUT2D eigenvalue weighted by molar-refractivity contribution is -0.122. The molecule has 3 aliphatic rings. The molecular weight excluding hydrogens is 536 g/mol. The zero-order valence-corrected chi connectivity index (χ0v) is 22.8. The van der Waals surface area contributed by atoms with Gasteiger partial charge in [0.25, 0.3) is 0 Å². The van der Waals surface area contributed by atoms with Gasteiger partial charge in [-0.3, -0.25) is 14.4 Å². The van der Waals surface area contributed by atoms with Gasteiger partial charge in [0.15, 0.2) is 11.6 Å². The summed E-state index contributed by atoms with van der Waals surface area (Å²) < 4.78 is 5.30. The number of hydrogen-bond acceptors (Lipinski definition) is 5. The van der Waals surface area contributed by atoms with Crippen molar-refractivity contribution in [1.29, 1.82) is 0 Å². The molecule has 4 atom stereocenters. The molecule has 1 N–H and O–H groups in total. The third kappa shape index (κ3) is 3.54. The number of para-hydroxylation sites is 1. The first-order valence-corrected chi connectivity index (χ1v) is 13.8. The van der Waals surface area contributed by atoms with Gasteiger partial charge in [0.2, 0.25) is 5.91 Å². The molecule has 7 heteroatoms. The zero-order valence-electron chi connectivity index (χ0n) is 22.1. The van der Waals surface area contributed by atoms with Crippen LogP contribution in [0, 0.1) is 5.92 Å². The lowest BCUT2D eigenvalue weighted by Gasteiger charge is -2.38. The van der Waals surface area contributed by atoms with E-state index in [1.54, 1.807) is 55.6 Å². The van der Waals surface area contributed by atoms with Crippen molar-refractivity contribution in [3.63, 3.8) is 0 Å². The van der Waals surface area contributed by atoms with Crippen molar-refractivity contribution >= 4 is 40.8 Å². The number of rotatable bonds is 5. The minimum absolute atomic E-state index is 0.263. The fourth-order valence-electron chi connectivity index (χ4n) is 6.92. The molecule has 3 aliphatic heterocycles. The fourth-order valence-corrected chi connectivity index (χ4v) is 7.15. The summed E-state index contributed by atoms with van der Waals surface area (Å²) in [6, 6.07) is 27.3. The molecule has 202 valence electrons. The number of methoxy groups -OCH3 is 1. The number of halogens is 1. The summed E-state index contributed by atoms with van der Waals surface area (Å²) in [6.45, 7) is 0. The van der Waals surface area contributed by atoms with Gasteiger partial charge in [0, 0.05) is 23.0 Å². The highest BCUT2D eigenvalue weighted by atomic mass is 35.5. The second kappa shape index (κ2) is 9.46. The van der Waals surface area contributed by atoms with Crippen LogP contribution in [0.25, 0.3) is 6.08 Å². The van der Waals surface area contributed by atoms with Crippen LogP contribution in [0.15, 0.2) is 103 Å². The summed E-state index contributed by atoms with van der Waals surface area (Å²) in [6.07, 6.45) is 3.80. The van der Waals surface area contributed by atoms with E-state index in [4.69, 9.17) is 16.3 Å². The molecule has 7 rings (SSSR count). The third-order valence-corrected chi connectivity index (χ3v) is 8.96. The van der Waals surface area contributed by atoms with E-state index in [9.17, 15) is 14.4 Å². The third-order valence-electron chi connectivity index (χ3n) is 8.64. The van der Waals surface area contributed by atoms with Crippen LogP contribution in [-0.4, -0.2) is 35.5 Å². The quantitative estimate of drug-likeness (QED) is 0.289. The van der Waals surface area contributed by atoms with Crippen molar-refractivity contribution in [2.75, 3.05) is 12.4 Å². The molecule has 6 nitrogen and oxygen atoms in total. The molecule has 0 aromatic heterocycles. The first-order chi connectivity index (χ1) is 20.0. The van der Waals surface area contributed by atoms with Gasteiger partial charge >= 0.3 is 0 Å². The molecule has 4 aromatic rings. The Morgan fingerprint density at radius 3 is 2.37 bits per heavy atom. The summed E-state index contributed by atoms with van der Waals surface area (Å²) in [4.78, 5) is 45.7. The molecule has 1 saturated heterocycles. The average Bonchev–Trinajstić information content (AvgIpc) is 3.49. The summed E-state index contributed by atoms with van der Waals surface area (Å²) in [5.74, 6) is -1.40. The van der Waals surface area contributed by atoms with E-state index in [-0.39, 0.29) is 28.1 Å². The van der Waals surface area contributed by atoms with Crippen LogP contribution in [0.2, 0.25) is 5.02 Å². The van der Waals surface area contributed by atoms with Crippen molar-refractivity contribution in [3.8, 4) is 5.75 Å². The Hall–Kier alpha value is -4.68. The van der Waals surface area contributed by atoms with Crippen molar-refractivity contribution in [2.45, 2.75) is 17.5 Å². The van der Waals surface area contributed by atoms with E-state index in [0.717, 1.165) is 11.1 Å². The molecular formula is C34H25ClN2O4. The van der Waals surface area contributed by atoms with E-state index >= 15 is 0 Å². The van der Waals surface area contributed by atoms with E-state index in [2.05, 4.69) is 5.32 Å². The van der Waals surface area contributed by atoms with E-state index in [0.29, 0.717) is 22.6 Å². The maximum Gasteiger partial charge on any atom is 0.238 e. The maximum atomic E-state index is 14.8. The monoisotopic (exact) mass is 560 g/mol. The van der Waals surface area contributed by atoms with Gasteiger partial charge in [0.05, 0.1) is 24.1 Å². The first-order valence-electron chi connectivity index (χ1n) is 13.4. The summed E-state index contributed by atoms with van der Waals surface area (Å²) in [5, 5.41) is 3.33. The first kappa shape index (κ1) is 25.3. The highest BCUT2D eigenvalue weighted by Crippen LogP contribution is 2.62. The number of nitrogens with one attached hydrogen (secondary N) is 1. The number of ether oxygens (including phenoxy) is 1. The molecule has 0 saturated carbocycles. The van der Waals surface area contributed by atoms with Crippen molar-refractivity contribution in [3.05, 3.63) is 136 Å².